The topological polar surface area (TPSA) is 67.2 Å². The normalized spacial score (nSPS) is 30.0. The van der Waals surface area contributed by atoms with Crippen LogP contribution in [0.1, 0.15) is 54.2 Å². The predicted molar refractivity (Wildman–Crippen MR) is 84.9 cm³/mol. The minimum absolute atomic E-state index is 0.00966. The van der Waals surface area contributed by atoms with Crippen molar-refractivity contribution < 1.29 is 9.59 Å². The van der Waals surface area contributed by atoms with E-state index in [4.69, 9.17) is 0 Å². The van der Waals surface area contributed by atoms with Gasteiger partial charge < -0.3 is 10.2 Å². The van der Waals surface area contributed by atoms with Gasteiger partial charge in [-0.15, -0.1) is 0 Å². The van der Waals surface area contributed by atoms with Crippen LogP contribution >= 0.6 is 0 Å². The van der Waals surface area contributed by atoms with Gasteiger partial charge in [0, 0.05) is 44.7 Å². The molecular weight excluding hydrogens is 292 g/mol. The third kappa shape index (κ3) is 2.64. The molecule has 0 radical (unpaired) electrons. The van der Waals surface area contributed by atoms with Crippen LogP contribution in [-0.2, 0) is 11.8 Å². The van der Waals surface area contributed by atoms with Crippen molar-refractivity contribution in [2.45, 2.75) is 44.1 Å². The zero-order valence-corrected chi connectivity index (χ0v) is 13.8. The molecule has 2 amide bonds. The lowest BCUT2D eigenvalue weighted by molar-refractivity contribution is -0.124. The summed E-state index contributed by atoms with van der Waals surface area (Å²) in [4.78, 5) is 26.2. The predicted octanol–water partition coefficient (Wildman–Crippen LogP) is 1.28. The molecular formula is C17H24N4O2. The molecule has 0 unspecified atom stereocenters. The van der Waals surface area contributed by atoms with Gasteiger partial charge in [0.05, 0.1) is 0 Å². The Hall–Kier alpha value is -1.85. The molecule has 1 aromatic heterocycles. The van der Waals surface area contributed by atoms with E-state index < -0.39 is 0 Å². The largest absolute Gasteiger partial charge is 0.356 e. The number of nitrogens with one attached hydrogen (secondary N) is 1. The van der Waals surface area contributed by atoms with E-state index in [0.717, 1.165) is 19.4 Å². The van der Waals surface area contributed by atoms with Gasteiger partial charge in [-0.3, -0.25) is 14.3 Å². The first kappa shape index (κ1) is 14.7. The van der Waals surface area contributed by atoms with Crippen LogP contribution in [-0.4, -0.2) is 46.1 Å². The zero-order valence-electron chi connectivity index (χ0n) is 13.8. The van der Waals surface area contributed by atoms with Crippen LogP contribution < -0.4 is 5.32 Å². The van der Waals surface area contributed by atoms with Crippen molar-refractivity contribution in [1.29, 1.82) is 0 Å². The third-order valence-electron chi connectivity index (χ3n) is 5.82. The molecule has 1 saturated heterocycles. The fraction of sp³-hybridized carbons (Fsp3) is 0.706. The van der Waals surface area contributed by atoms with E-state index in [2.05, 4.69) is 10.4 Å². The Kier molecular flexibility index (Phi) is 3.43. The van der Waals surface area contributed by atoms with Crippen molar-refractivity contribution in [2.24, 2.45) is 18.9 Å². The van der Waals surface area contributed by atoms with Crippen molar-refractivity contribution in [2.75, 3.05) is 13.6 Å². The first-order valence-electron chi connectivity index (χ1n) is 8.60. The van der Waals surface area contributed by atoms with Gasteiger partial charge in [-0.05, 0) is 43.6 Å². The maximum absolute atomic E-state index is 12.8. The van der Waals surface area contributed by atoms with Crippen molar-refractivity contribution in [1.82, 2.24) is 20.0 Å². The number of hydrogen-bond acceptors (Lipinski definition) is 3. The van der Waals surface area contributed by atoms with Gasteiger partial charge in [0.2, 0.25) is 5.91 Å². The number of aryl methyl sites for hydroxylation is 1. The van der Waals surface area contributed by atoms with Crippen LogP contribution in [0.25, 0.3) is 0 Å². The third-order valence-corrected chi connectivity index (χ3v) is 5.82. The van der Waals surface area contributed by atoms with Gasteiger partial charge in [0.1, 0.15) is 0 Å². The Balaban J connectivity index is 1.46. The first-order chi connectivity index (χ1) is 11.0. The summed E-state index contributed by atoms with van der Waals surface area (Å²) in [6.07, 6.45) is 4.93. The summed E-state index contributed by atoms with van der Waals surface area (Å²) in [6, 6.07) is 2.18. The highest BCUT2D eigenvalue weighted by Crippen LogP contribution is 2.41. The number of rotatable bonds is 3. The van der Waals surface area contributed by atoms with E-state index in [0.29, 0.717) is 29.9 Å². The first-order valence-corrected chi connectivity index (χ1v) is 8.60. The lowest BCUT2D eigenvalue weighted by Gasteiger charge is -2.24. The molecule has 4 rings (SSSR count). The number of hydrogen-bond donors (Lipinski definition) is 1. The molecule has 0 spiro atoms. The Bertz CT molecular complexity index is 649. The van der Waals surface area contributed by atoms with Crippen molar-refractivity contribution in [3.05, 3.63) is 17.5 Å². The smallest absolute Gasteiger partial charge is 0.274 e. The van der Waals surface area contributed by atoms with Crippen molar-refractivity contribution in [3.8, 4) is 0 Å². The fourth-order valence-corrected chi connectivity index (χ4v) is 4.25. The highest BCUT2D eigenvalue weighted by atomic mass is 16.2. The maximum Gasteiger partial charge on any atom is 0.274 e. The molecule has 2 heterocycles. The van der Waals surface area contributed by atoms with E-state index in [1.807, 2.05) is 29.7 Å². The van der Waals surface area contributed by atoms with Crippen molar-refractivity contribution >= 4 is 11.8 Å². The number of nitrogens with zero attached hydrogens (tertiary/aromatic N) is 3. The van der Waals surface area contributed by atoms with Gasteiger partial charge >= 0.3 is 0 Å². The van der Waals surface area contributed by atoms with Gasteiger partial charge in [-0.1, -0.05) is 0 Å². The molecule has 0 aromatic carbocycles. The van der Waals surface area contributed by atoms with Crippen LogP contribution in [0.2, 0.25) is 0 Å². The maximum atomic E-state index is 12.8. The summed E-state index contributed by atoms with van der Waals surface area (Å²) in [5, 5.41) is 7.37. The van der Waals surface area contributed by atoms with E-state index >= 15 is 0 Å². The van der Waals surface area contributed by atoms with Crippen LogP contribution in [0.15, 0.2) is 6.07 Å². The fourth-order valence-electron chi connectivity index (χ4n) is 4.25. The lowest BCUT2D eigenvalue weighted by atomic mass is 9.89. The molecule has 1 aromatic rings. The number of fused-ring (bicyclic) bond motifs is 1. The Morgan fingerprint density at radius 2 is 2.09 bits per heavy atom. The minimum atomic E-state index is 0.00966. The van der Waals surface area contributed by atoms with E-state index in [1.54, 1.807) is 0 Å². The molecule has 3 fully saturated rings. The number of piperidine rings is 1. The molecule has 3 atom stereocenters. The second kappa shape index (κ2) is 5.35. The monoisotopic (exact) mass is 316 g/mol. The molecule has 1 N–H and O–H groups in total. The van der Waals surface area contributed by atoms with Crippen LogP contribution in [0.4, 0.5) is 0 Å². The Labute approximate surface area is 136 Å². The number of amides is 2. The van der Waals surface area contributed by atoms with E-state index in [1.165, 1.54) is 18.5 Å². The van der Waals surface area contributed by atoms with Crippen molar-refractivity contribution in [3.63, 3.8) is 0 Å². The second-order valence-electron chi connectivity index (χ2n) is 7.42. The molecule has 1 aliphatic heterocycles. The SMILES string of the molecule is CN(C(=O)c1cc(C2CC2)n(C)n1)[C@H]1C[C@H]2CC(=O)NC[C@H]2C1. The van der Waals surface area contributed by atoms with Gasteiger partial charge in [-0.2, -0.15) is 5.10 Å². The molecule has 2 aliphatic carbocycles. The average Bonchev–Trinajstić information content (AvgIpc) is 3.17. The van der Waals surface area contributed by atoms with Gasteiger partial charge in [0.15, 0.2) is 5.69 Å². The van der Waals surface area contributed by atoms with E-state index in [9.17, 15) is 9.59 Å². The molecule has 3 aliphatic rings. The van der Waals surface area contributed by atoms with E-state index in [-0.39, 0.29) is 17.9 Å². The molecule has 124 valence electrons. The standard InChI is InChI=1S/C17H24N4O2/c1-20(13-5-11-7-16(22)18-9-12(11)6-13)17(23)14-8-15(10-3-4-10)21(2)19-14/h8,10-13H,3-7,9H2,1-2H3,(H,18,22)/t11-,12+,13-/m0/s1. The number of carbonyl (C=O) groups is 2. The van der Waals surface area contributed by atoms with Crippen LogP contribution in [0.5, 0.6) is 0 Å². The summed E-state index contributed by atoms with van der Waals surface area (Å²) in [5.74, 6) is 1.69. The highest BCUT2D eigenvalue weighted by Gasteiger charge is 2.41. The van der Waals surface area contributed by atoms with Crippen LogP contribution in [0.3, 0.4) is 0 Å². The molecule has 6 heteroatoms. The van der Waals surface area contributed by atoms with Crippen LogP contribution in [0, 0.1) is 11.8 Å². The molecule has 23 heavy (non-hydrogen) atoms. The Morgan fingerprint density at radius 3 is 2.83 bits per heavy atom. The van der Waals surface area contributed by atoms with Gasteiger partial charge in [0.25, 0.3) is 5.91 Å². The summed E-state index contributed by atoms with van der Waals surface area (Å²) < 4.78 is 1.86. The number of aromatic nitrogens is 2. The Morgan fingerprint density at radius 1 is 1.35 bits per heavy atom. The zero-order chi connectivity index (χ0) is 16.1. The second-order valence-corrected chi connectivity index (χ2v) is 7.42. The minimum Gasteiger partial charge on any atom is -0.356 e. The highest BCUT2D eigenvalue weighted by molar-refractivity contribution is 5.92. The molecule has 2 saturated carbocycles. The molecule has 0 bridgehead atoms. The number of carbonyl (C=O) groups excluding carboxylic acids is 2. The summed E-state index contributed by atoms with van der Waals surface area (Å²) in [7, 11) is 3.80. The summed E-state index contributed by atoms with van der Waals surface area (Å²) >= 11 is 0. The summed E-state index contributed by atoms with van der Waals surface area (Å²) in [6.45, 7) is 0.761. The average molecular weight is 316 g/mol. The quantitative estimate of drug-likeness (QED) is 0.913. The van der Waals surface area contributed by atoms with Gasteiger partial charge in [-0.25, -0.2) is 0 Å². The molecule has 6 nitrogen and oxygen atoms in total. The summed E-state index contributed by atoms with van der Waals surface area (Å²) in [5.41, 5.74) is 1.73. The lowest BCUT2D eigenvalue weighted by Crippen LogP contribution is -2.38.